The van der Waals surface area contributed by atoms with Gasteiger partial charge < -0.3 is 10.2 Å². The lowest BCUT2D eigenvalue weighted by Crippen LogP contribution is -2.40. The molecule has 1 aliphatic heterocycles. The highest BCUT2D eigenvalue weighted by molar-refractivity contribution is 5.49. The molecule has 1 heterocycles. The molecular weight excluding hydrogens is 210 g/mol. The average Bonchev–Trinajstić information content (AvgIpc) is 2.38. The van der Waals surface area contributed by atoms with Crippen LogP contribution in [-0.2, 0) is 0 Å². The molecule has 1 atom stereocenters. The van der Waals surface area contributed by atoms with Crippen LogP contribution in [0.4, 0.5) is 5.69 Å². The van der Waals surface area contributed by atoms with E-state index < -0.39 is 0 Å². The summed E-state index contributed by atoms with van der Waals surface area (Å²) in [6.45, 7) is 2.16. The zero-order chi connectivity index (χ0) is 12.1. The van der Waals surface area contributed by atoms with Crippen LogP contribution < -0.4 is 5.32 Å². The number of nitriles is 1. The Bertz CT molecular complexity index is 408. The zero-order valence-electron chi connectivity index (χ0n) is 10.3. The van der Waals surface area contributed by atoms with Crippen LogP contribution in [0.15, 0.2) is 24.3 Å². The minimum Gasteiger partial charge on any atom is -0.383 e. The van der Waals surface area contributed by atoms with Gasteiger partial charge in [0.1, 0.15) is 0 Å². The highest BCUT2D eigenvalue weighted by Crippen LogP contribution is 2.16. The Morgan fingerprint density at radius 1 is 1.47 bits per heavy atom. The number of hydrogen-bond donors (Lipinski definition) is 1. The van der Waals surface area contributed by atoms with Crippen molar-refractivity contribution in [2.75, 3.05) is 25.5 Å². The Morgan fingerprint density at radius 2 is 2.35 bits per heavy atom. The smallest absolute Gasteiger partial charge is 0.0992 e. The minimum atomic E-state index is 0.620. The van der Waals surface area contributed by atoms with Gasteiger partial charge in [-0.15, -0.1) is 0 Å². The molecule has 0 radical (unpaired) electrons. The van der Waals surface area contributed by atoms with Crippen molar-refractivity contribution >= 4 is 5.69 Å². The van der Waals surface area contributed by atoms with Crippen LogP contribution >= 0.6 is 0 Å². The lowest BCUT2D eigenvalue weighted by molar-refractivity contribution is 0.194. The fraction of sp³-hybridized carbons (Fsp3) is 0.500. The summed E-state index contributed by atoms with van der Waals surface area (Å²) in [4.78, 5) is 2.42. The molecule has 2 rings (SSSR count). The molecule has 0 amide bonds. The van der Waals surface area contributed by atoms with Crippen LogP contribution in [0.25, 0.3) is 0 Å². The number of likely N-dealkylation sites (N-methyl/N-ethyl adjacent to an activating group) is 1. The zero-order valence-corrected chi connectivity index (χ0v) is 10.3. The molecule has 17 heavy (non-hydrogen) atoms. The minimum absolute atomic E-state index is 0.620. The second kappa shape index (κ2) is 5.70. The van der Waals surface area contributed by atoms with Crippen molar-refractivity contribution in [2.24, 2.45) is 0 Å². The van der Waals surface area contributed by atoms with Gasteiger partial charge in [0, 0.05) is 18.3 Å². The number of piperidine rings is 1. The summed E-state index contributed by atoms with van der Waals surface area (Å²) in [5.74, 6) is 0. The van der Waals surface area contributed by atoms with Gasteiger partial charge in [-0.05, 0) is 44.6 Å². The molecule has 1 aromatic carbocycles. The van der Waals surface area contributed by atoms with Crippen molar-refractivity contribution in [1.82, 2.24) is 4.90 Å². The van der Waals surface area contributed by atoms with Gasteiger partial charge >= 0.3 is 0 Å². The van der Waals surface area contributed by atoms with E-state index in [1.807, 2.05) is 24.3 Å². The quantitative estimate of drug-likeness (QED) is 0.865. The molecule has 90 valence electrons. The van der Waals surface area contributed by atoms with E-state index in [-0.39, 0.29) is 0 Å². The largest absolute Gasteiger partial charge is 0.383 e. The van der Waals surface area contributed by atoms with Gasteiger partial charge in [-0.1, -0.05) is 12.5 Å². The number of nitrogens with one attached hydrogen (secondary N) is 1. The maximum absolute atomic E-state index is 8.84. The summed E-state index contributed by atoms with van der Waals surface area (Å²) >= 11 is 0. The number of likely N-dealkylation sites (tertiary alicyclic amines) is 1. The highest BCUT2D eigenvalue weighted by Gasteiger charge is 2.18. The van der Waals surface area contributed by atoms with Crippen molar-refractivity contribution in [3.05, 3.63) is 29.8 Å². The molecule has 0 saturated carbocycles. The Hall–Kier alpha value is -1.53. The van der Waals surface area contributed by atoms with Gasteiger partial charge in [0.2, 0.25) is 0 Å². The molecule has 3 heteroatoms. The molecule has 0 aromatic heterocycles. The first-order valence-electron chi connectivity index (χ1n) is 6.24. The third-order valence-electron chi connectivity index (χ3n) is 3.45. The van der Waals surface area contributed by atoms with Crippen LogP contribution in [0.1, 0.15) is 24.8 Å². The lowest BCUT2D eigenvalue weighted by Gasteiger charge is -2.32. The Balaban J connectivity index is 1.90. The maximum Gasteiger partial charge on any atom is 0.0992 e. The molecule has 3 nitrogen and oxygen atoms in total. The van der Waals surface area contributed by atoms with E-state index in [0.29, 0.717) is 11.6 Å². The van der Waals surface area contributed by atoms with Crippen LogP contribution in [0, 0.1) is 11.3 Å². The van der Waals surface area contributed by atoms with Gasteiger partial charge in [0.05, 0.1) is 11.6 Å². The second-order valence-corrected chi connectivity index (χ2v) is 4.70. The Morgan fingerprint density at radius 3 is 3.12 bits per heavy atom. The molecular formula is C14H19N3. The van der Waals surface area contributed by atoms with Crippen LogP contribution in [0.2, 0.25) is 0 Å². The summed E-state index contributed by atoms with van der Waals surface area (Å²) in [6.07, 6.45) is 3.91. The topological polar surface area (TPSA) is 39.1 Å². The molecule has 0 bridgehead atoms. The van der Waals surface area contributed by atoms with Gasteiger partial charge in [0.25, 0.3) is 0 Å². The first-order chi connectivity index (χ1) is 8.29. The fourth-order valence-electron chi connectivity index (χ4n) is 2.34. The Labute approximate surface area is 103 Å². The molecule has 1 N–H and O–H groups in total. The number of hydrogen-bond acceptors (Lipinski definition) is 3. The fourth-order valence-corrected chi connectivity index (χ4v) is 2.34. The summed E-state index contributed by atoms with van der Waals surface area (Å²) in [7, 11) is 2.19. The van der Waals surface area contributed by atoms with Gasteiger partial charge in [-0.2, -0.15) is 5.26 Å². The van der Waals surface area contributed by atoms with Crippen molar-refractivity contribution in [1.29, 1.82) is 5.26 Å². The normalized spacial score (nSPS) is 20.8. The highest BCUT2D eigenvalue weighted by atomic mass is 15.2. The molecule has 1 fully saturated rings. The first kappa shape index (κ1) is 11.9. The van der Waals surface area contributed by atoms with Crippen molar-refractivity contribution in [2.45, 2.75) is 25.3 Å². The first-order valence-corrected chi connectivity index (χ1v) is 6.24. The summed E-state index contributed by atoms with van der Waals surface area (Å²) in [5, 5.41) is 12.3. The maximum atomic E-state index is 8.84. The predicted octanol–water partition coefficient (Wildman–Crippen LogP) is 2.45. The third-order valence-corrected chi connectivity index (χ3v) is 3.45. The van der Waals surface area contributed by atoms with Gasteiger partial charge in [-0.3, -0.25) is 0 Å². The van der Waals surface area contributed by atoms with E-state index in [0.717, 1.165) is 12.2 Å². The number of benzene rings is 1. The SMILES string of the molecule is CN1CCCCC1CNc1cccc(C#N)c1. The molecule has 1 saturated heterocycles. The predicted molar refractivity (Wildman–Crippen MR) is 69.9 cm³/mol. The molecule has 1 unspecified atom stereocenters. The second-order valence-electron chi connectivity index (χ2n) is 4.70. The van der Waals surface area contributed by atoms with Crippen molar-refractivity contribution < 1.29 is 0 Å². The van der Waals surface area contributed by atoms with Crippen LogP contribution in [0.3, 0.4) is 0 Å². The van der Waals surface area contributed by atoms with E-state index in [2.05, 4.69) is 23.3 Å². The lowest BCUT2D eigenvalue weighted by atomic mass is 10.0. The number of rotatable bonds is 3. The number of nitrogens with zero attached hydrogens (tertiary/aromatic N) is 2. The van der Waals surface area contributed by atoms with E-state index in [4.69, 9.17) is 5.26 Å². The van der Waals surface area contributed by atoms with Gasteiger partial charge in [0.15, 0.2) is 0 Å². The summed E-state index contributed by atoms with van der Waals surface area (Å²) < 4.78 is 0. The standard InChI is InChI=1S/C14H19N3/c1-17-8-3-2-7-14(17)11-16-13-6-4-5-12(9-13)10-15/h4-6,9,14,16H,2-3,7-8,11H2,1H3. The van der Waals surface area contributed by atoms with E-state index in [1.54, 1.807) is 0 Å². The molecule has 1 aliphatic rings. The van der Waals surface area contributed by atoms with E-state index >= 15 is 0 Å². The summed E-state index contributed by atoms with van der Waals surface area (Å²) in [6, 6.07) is 10.5. The van der Waals surface area contributed by atoms with Crippen LogP contribution in [0.5, 0.6) is 0 Å². The average molecular weight is 229 g/mol. The Kier molecular flexibility index (Phi) is 4.00. The molecule has 1 aromatic rings. The van der Waals surface area contributed by atoms with E-state index in [9.17, 15) is 0 Å². The third kappa shape index (κ3) is 3.21. The van der Waals surface area contributed by atoms with E-state index in [1.165, 1.54) is 25.8 Å². The van der Waals surface area contributed by atoms with Crippen molar-refractivity contribution in [3.63, 3.8) is 0 Å². The van der Waals surface area contributed by atoms with Crippen LogP contribution in [-0.4, -0.2) is 31.1 Å². The summed E-state index contributed by atoms with van der Waals surface area (Å²) in [5.41, 5.74) is 1.76. The van der Waals surface area contributed by atoms with Gasteiger partial charge in [-0.25, -0.2) is 0 Å². The number of anilines is 1. The molecule has 0 aliphatic carbocycles. The van der Waals surface area contributed by atoms with Crippen molar-refractivity contribution in [3.8, 4) is 6.07 Å². The molecule has 0 spiro atoms. The monoisotopic (exact) mass is 229 g/mol.